The Balaban J connectivity index is 1.94. The molecule has 0 aromatic heterocycles. The second-order valence-corrected chi connectivity index (χ2v) is 7.48. The highest BCUT2D eigenvalue weighted by molar-refractivity contribution is 6.35. The van der Waals surface area contributed by atoms with Crippen LogP contribution in [0.15, 0.2) is 41.5 Å². The van der Waals surface area contributed by atoms with Gasteiger partial charge in [0.05, 0.1) is 13.3 Å². The van der Waals surface area contributed by atoms with Crippen LogP contribution in [0.5, 0.6) is 11.5 Å². The summed E-state index contributed by atoms with van der Waals surface area (Å²) in [5, 5.41) is 9.18. The van der Waals surface area contributed by atoms with Gasteiger partial charge in [0.25, 0.3) is 5.91 Å². The molecule has 1 atom stereocenters. The second-order valence-electron chi connectivity index (χ2n) is 7.48. The number of carbonyl (C=O) groups is 3. The summed E-state index contributed by atoms with van der Waals surface area (Å²) < 4.78 is 10.9. The number of anilines is 1. The van der Waals surface area contributed by atoms with Crippen molar-refractivity contribution in [1.82, 2.24) is 10.7 Å². The Morgan fingerprint density at radius 2 is 1.85 bits per heavy atom. The van der Waals surface area contributed by atoms with Crippen LogP contribution >= 0.6 is 0 Å². The lowest BCUT2D eigenvalue weighted by molar-refractivity contribution is -0.139. The van der Waals surface area contributed by atoms with Crippen LogP contribution < -0.4 is 25.5 Å². The van der Waals surface area contributed by atoms with E-state index in [4.69, 9.17) is 9.47 Å². The summed E-state index contributed by atoms with van der Waals surface area (Å²) in [6.45, 7) is 7.43. The molecule has 3 N–H and O–H groups in total. The van der Waals surface area contributed by atoms with E-state index in [1.54, 1.807) is 25.1 Å². The van der Waals surface area contributed by atoms with Crippen molar-refractivity contribution in [3.8, 4) is 11.5 Å². The number of benzene rings is 2. The van der Waals surface area contributed by atoms with Gasteiger partial charge in [-0.15, -0.1) is 0 Å². The number of aryl methyl sites for hydroxylation is 1. The molecule has 0 radical (unpaired) electrons. The summed E-state index contributed by atoms with van der Waals surface area (Å²) in [4.78, 5) is 35.8. The largest absolute Gasteiger partial charge is 0.493 e. The highest BCUT2D eigenvalue weighted by atomic mass is 16.5. The van der Waals surface area contributed by atoms with Crippen LogP contribution in [0.1, 0.15) is 37.0 Å². The number of nitrogens with zero attached hydrogens (tertiary/aromatic N) is 1. The van der Waals surface area contributed by atoms with Gasteiger partial charge in [-0.05, 0) is 68.1 Å². The van der Waals surface area contributed by atoms with Crippen LogP contribution in [0.25, 0.3) is 0 Å². The summed E-state index contributed by atoms with van der Waals surface area (Å²) >= 11 is 0. The quantitative estimate of drug-likeness (QED) is 0.306. The topological polar surface area (TPSA) is 118 Å². The van der Waals surface area contributed by atoms with Gasteiger partial charge < -0.3 is 20.1 Å². The molecule has 3 amide bonds. The maximum Gasteiger partial charge on any atom is 0.329 e. The zero-order chi connectivity index (χ0) is 24.4. The first-order valence-corrected chi connectivity index (χ1v) is 10.6. The van der Waals surface area contributed by atoms with Gasteiger partial charge in [0.15, 0.2) is 18.1 Å². The van der Waals surface area contributed by atoms with Gasteiger partial charge in [0.2, 0.25) is 0 Å². The first-order valence-electron chi connectivity index (χ1n) is 10.6. The van der Waals surface area contributed by atoms with Gasteiger partial charge in [-0.3, -0.25) is 14.4 Å². The fraction of sp³-hybridized carbons (Fsp3) is 0.333. The van der Waals surface area contributed by atoms with E-state index in [9.17, 15) is 14.4 Å². The Kier molecular flexibility index (Phi) is 9.41. The fourth-order valence-electron chi connectivity index (χ4n) is 2.71. The van der Waals surface area contributed by atoms with Crippen molar-refractivity contribution < 1.29 is 23.9 Å². The lowest BCUT2D eigenvalue weighted by Gasteiger charge is -2.13. The maximum absolute atomic E-state index is 12.3. The van der Waals surface area contributed by atoms with Crippen molar-refractivity contribution in [3.05, 3.63) is 53.1 Å². The number of ether oxygens (including phenoxy) is 2. The average molecular weight is 455 g/mol. The molecule has 0 spiro atoms. The van der Waals surface area contributed by atoms with Gasteiger partial charge in [-0.1, -0.05) is 19.1 Å². The minimum Gasteiger partial charge on any atom is -0.493 e. The number of nitrogens with one attached hydrogen (secondary N) is 3. The number of rotatable bonds is 9. The van der Waals surface area contributed by atoms with E-state index < -0.39 is 11.8 Å². The predicted molar refractivity (Wildman–Crippen MR) is 127 cm³/mol. The van der Waals surface area contributed by atoms with E-state index in [0.29, 0.717) is 23.5 Å². The van der Waals surface area contributed by atoms with E-state index in [1.165, 1.54) is 13.3 Å². The normalized spacial score (nSPS) is 11.5. The average Bonchev–Trinajstić information content (AvgIpc) is 2.80. The Morgan fingerprint density at radius 1 is 1.09 bits per heavy atom. The Hall–Kier alpha value is -3.88. The number of hydrazone groups is 1. The summed E-state index contributed by atoms with van der Waals surface area (Å²) in [7, 11) is 1.47. The van der Waals surface area contributed by atoms with Crippen molar-refractivity contribution in [2.24, 2.45) is 5.10 Å². The summed E-state index contributed by atoms with van der Waals surface area (Å²) in [5.41, 5.74) is 5.59. The van der Waals surface area contributed by atoms with E-state index >= 15 is 0 Å². The van der Waals surface area contributed by atoms with E-state index in [0.717, 1.165) is 16.8 Å². The Bertz CT molecular complexity index is 1040. The first kappa shape index (κ1) is 25.4. The molecule has 9 nitrogen and oxygen atoms in total. The molecule has 0 saturated heterocycles. The predicted octanol–water partition coefficient (Wildman–Crippen LogP) is 2.69. The number of hydrogen-bond acceptors (Lipinski definition) is 6. The lowest BCUT2D eigenvalue weighted by Crippen LogP contribution is -2.41. The smallest absolute Gasteiger partial charge is 0.329 e. The van der Waals surface area contributed by atoms with Crippen LogP contribution in [-0.4, -0.2) is 43.7 Å². The molecule has 2 aromatic carbocycles. The van der Waals surface area contributed by atoms with Crippen LogP contribution in [0.2, 0.25) is 0 Å². The fourth-order valence-corrected chi connectivity index (χ4v) is 2.71. The van der Waals surface area contributed by atoms with E-state index in [1.807, 2.05) is 39.0 Å². The lowest BCUT2D eigenvalue weighted by atomic mass is 10.1. The third-order valence-corrected chi connectivity index (χ3v) is 5.00. The van der Waals surface area contributed by atoms with Crippen LogP contribution in [-0.2, 0) is 14.4 Å². The van der Waals surface area contributed by atoms with Crippen molar-refractivity contribution in [3.63, 3.8) is 0 Å². The molecule has 0 aliphatic rings. The number of hydrogen-bond donors (Lipinski definition) is 3. The molecular formula is C24H30N4O5. The Morgan fingerprint density at radius 3 is 2.55 bits per heavy atom. The molecule has 0 aliphatic heterocycles. The molecule has 0 unspecified atom stereocenters. The molecule has 0 fully saturated rings. The SMILES string of the molecule is CC[C@@H](C)NC(=O)C(=O)N/N=C\c1ccc(OCC(=O)Nc2cccc(C)c2C)c(OC)c1. The number of carbonyl (C=O) groups excluding carboxylic acids is 3. The van der Waals surface area contributed by atoms with E-state index in [2.05, 4.69) is 21.2 Å². The van der Waals surface area contributed by atoms with Crippen molar-refractivity contribution in [2.75, 3.05) is 19.0 Å². The third kappa shape index (κ3) is 7.64. The van der Waals surface area contributed by atoms with Crippen LogP contribution in [0.4, 0.5) is 5.69 Å². The third-order valence-electron chi connectivity index (χ3n) is 5.00. The summed E-state index contributed by atoms with van der Waals surface area (Å²) in [5.74, 6) is -1.13. The van der Waals surface area contributed by atoms with Crippen LogP contribution in [0, 0.1) is 13.8 Å². The Labute approximate surface area is 193 Å². The standard InChI is InChI=1S/C24H30N4O5/c1-6-16(3)26-23(30)24(31)28-25-13-18-10-11-20(21(12-18)32-5)33-14-22(29)27-19-9-7-8-15(2)17(19)4/h7-13,16H,6,14H2,1-5H3,(H,26,30)(H,27,29)(H,28,31)/b25-13-/t16-/m1/s1. The molecule has 0 bridgehead atoms. The molecule has 0 heterocycles. The molecule has 33 heavy (non-hydrogen) atoms. The van der Waals surface area contributed by atoms with Crippen molar-refractivity contribution in [2.45, 2.75) is 40.2 Å². The first-order chi connectivity index (χ1) is 15.7. The molecule has 2 aromatic rings. The summed E-state index contributed by atoms with van der Waals surface area (Å²) in [6.07, 6.45) is 2.08. The second kappa shape index (κ2) is 12.2. The molecule has 0 saturated carbocycles. The molecule has 0 aliphatic carbocycles. The molecule has 9 heteroatoms. The zero-order valence-electron chi connectivity index (χ0n) is 19.5. The van der Waals surface area contributed by atoms with Gasteiger partial charge in [0, 0.05) is 11.7 Å². The van der Waals surface area contributed by atoms with Crippen molar-refractivity contribution >= 4 is 29.6 Å². The van der Waals surface area contributed by atoms with Gasteiger partial charge in [0.1, 0.15) is 0 Å². The minimum atomic E-state index is -0.853. The van der Waals surface area contributed by atoms with Gasteiger partial charge in [-0.2, -0.15) is 5.10 Å². The number of methoxy groups -OCH3 is 1. The zero-order valence-corrected chi connectivity index (χ0v) is 19.5. The van der Waals surface area contributed by atoms with Gasteiger partial charge in [-0.25, -0.2) is 5.43 Å². The highest BCUT2D eigenvalue weighted by Gasteiger charge is 2.14. The van der Waals surface area contributed by atoms with E-state index in [-0.39, 0.29) is 18.6 Å². The number of amides is 3. The van der Waals surface area contributed by atoms with Crippen molar-refractivity contribution in [1.29, 1.82) is 0 Å². The molecule has 176 valence electrons. The van der Waals surface area contributed by atoms with Crippen LogP contribution in [0.3, 0.4) is 0 Å². The molecular weight excluding hydrogens is 424 g/mol. The summed E-state index contributed by atoms with van der Waals surface area (Å²) in [6, 6.07) is 10.5. The minimum absolute atomic E-state index is 0.105. The highest BCUT2D eigenvalue weighted by Crippen LogP contribution is 2.27. The van der Waals surface area contributed by atoms with Gasteiger partial charge >= 0.3 is 11.8 Å². The maximum atomic E-state index is 12.3. The monoisotopic (exact) mass is 454 g/mol. The molecule has 2 rings (SSSR count).